The number of rotatable bonds is 5. The molecule has 0 aliphatic carbocycles. The van der Waals surface area contributed by atoms with Crippen molar-refractivity contribution in [1.82, 2.24) is 10.2 Å². The Labute approximate surface area is 94.8 Å². The summed E-state index contributed by atoms with van der Waals surface area (Å²) in [5, 5.41) is 11.8. The third kappa shape index (κ3) is 2.97. The van der Waals surface area contributed by atoms with Gasteiger partial charge in [-0.15, -0.1) is 6.42 Å². The molecule has 0 aromatic heterocycles. The standard InChI is InChI=1S/C11H16N2O3/c1-3-4-13(7-10(14)15)11(16)8(2)9-5-12-6-9/h1,8-9,12H,4-7H2,2H3,(H,14,15). The summed E-state index contributed by atoms with van der Waals surface area (Å²) in [4.78, 5) is 23.7. The van der Waals surface area contributed by atoms with Crippen LogP contribution in [-0.4, -0.2) is 48.1 Å². The summed E-state index contributed by atoms with van der Waals surface area (Å²) in [6.07, 6.45) is 5.12. The number of terminal acetylenes is 1. The maximum Gasteiger partial charge on any atom is 0.323 e. The van der Waals surface area contributed by atoms with Gasteiger partial charge in [-0.05, 0) is 19.0 Å². The molecule has 0 saturated carbocycles. The van der Waals surface area contributed by atoms with Crippen LogP contribution in [0.15, 0.2) is 0 Å². The number of nitrogens with one attached hydrogen (secondary N) is 1. The van der Waals surface area contributed by atoms with Gasteiger partial charge in [0.2, 0.25) is 5.91 Å². The smallest absolute Gasteiger partial charge is 0.323 e. The summed E-state index contributed by atoms with van der Waals surface area (Å²) < 4.78 is 0. The highest BCUT2D eigenvalue weighted by Crippen LogP contribution is 2.18. The van der Waals surface area contributed by atoms with Crippen LogP contribution in [0.2, 0.25) is 0 Å². The summed E-state index contributed by atoms with van der Waals surface area (Å²) in [6, 6.07) is 0. The van der Waals surface area contributed by atoms with Crippen molar-refractivity contribution in [3.8, 4) is 12.3 Å². The molecule has 5 nitrogen and oxygen atoms in total. The first kappa shape index (κ1) is 12.5. The van der Waals surface area contributed by atoms with E-state index in [1.54, 1.807) is 0 Å². The van der Waals surface area contributed by atoms with Crippen molar-refractivity contribution >= 4 is 11.9 Å². The van der Waals surface area contributed by atoms with Gasteiger partial charge in [-0.25, -0.2) is 0 Å². The molecule has 1 saturated heterocycles. The number of carboxylic acid groups (broad SMARTS) is 1. The van der Waals surface area contributed by atoms with Crippen LogP contribution in [-0.2, 0) is 9.59 Å². The molecule has 1 amide bonds. The molecule has 2 N–H and O–H groups in total. The van der Waals surface area contributed by atoms with Gasteiger partial charge in [0.05, 0.1) is 6.54 Å². The zero-order valence-corrected chi connectivity index (χ0v) is 9.27. The lowest BCUT2D eigenvalue weighted by Crippen LogP contribution is -2.51. The summed E-state index contributed by atoms with van der Waals surface area (Å²) in [5.74, 6) is 1.22. The fourth-order valence-corrected chi connectivity index (χ4v) is 1.64. The molecule has 0 radical (unpaired) electrons. The van der Waals surface area contributed by atoms with E-state index < -0.39 is 5.97 Å². The van der Waals surface area contributed by atoms with E-state index in [0.29, 0.717) is 5.92 Å². The molecule has 0 aromatic carbocycles. The summed E-state index contributed by atoms with van der Waals surface area (Å²) >= 11 is 0. The molecule has 1 heterocycles. The lowest BCUT2D eigenvalue weighted by atomic mass is 9.88. The molecule has 0 aromatic rings. The number of amides is 1. The topological polar surface area (TPSA) is 69.6 Å². The highest BCUT2D eigenvalue weighted by molar-refractivity contribution is 5.83. The number of hydrogen-bond donors (Lipinski definition) is 2. The van der Waals surface area contributed by atoms with E-state index in [1.165, 1.54) is 4.90 Å². The summed E-state index contributed by atoms with van der Waals surface area (Å²) in [7, 11) is 0. The van der Waals surface area contributed by atoms with Crippen molar-refractivity contribution in [3.63, 3.8) is 0 Å². The van der Waals surface area contributed by atoms with Crippen molar-refractivity contribution in [3.05, 3.63) is 0 Å². The average Bonchev–Trinajstić information content (AvgIpc) is 2.12. The number of carboxylic acids is 1. The van der Waals surface area contributed by atoms with Gasteiger partial charge in [0.25, 0.3) is 0 Å². The van der Waals surface area contributed by atoms with E-state index in [0.717, 1.165) is 13.1 Å². The predicted molar refractivity (Wildman–Crippen MR) is 58.6 cm³/mol. The maximum atomic E-state index is 11.9. The Morgan fingerprint density at radius 1 is 1.62 bits per heavy atom. The van der Waals surface area contributed by atoms with Crippen LogP contribution in [0, 0.1) is 24.2 Å². The fourth-order valence-electron chi connectivity index (χ4n) is 1.64. The minimum atomic E-state index is -1.04. The first-order valence-electron chi connectivity index (χ1n) is 5.21. The number of aliphatic carboxylic acids is 1. The van der Waals surface area contributed by atoms with Gasteiger partial charge in [-0.3, -0.25) is 9.59 Å². The maximum absolute atomic E-state index is 11.9. The van der Waals surface area contributed by atoms with Gasteiger partial charge in [0, 0.05) is 5.92 Å². The first-order valence-corrected chi connectivity index (χ1v) is 5.21. The second-order valence-corrected chi connectivity index (χ2v) is 4.00. The zero-order chi connectivity index (χ0) is 12.1. The van der Waals surface area contributed by atoms with Crippen LogP contribution in [0.4, 0.5) is 0 Å². The molecule has 0 spiro atoms. The van der Waals surface area contributed by atoms with Gasteiger partial charge in [-0.1, -0.05) is 12.8 Å². The molecule has 1 atom stereocenters. The van der Waals surface area contributed by atoms with E-state index >= 15 is 0 Å². The molecule has 88 valence electrons. The van der Waals surface area contributed by atoms with Crippen molar-refractivity contribution in [2.45, 2.75) is 6.92 Å². The van der Waals surface area contributed by atoms with E-state index in [-0.39, 0.29) is 24.9 Å². The highest BCUT2D eigenvalue weighted by atomic mass is 16.4. The molecule has 1 fully saturated rings. The van der Waals surface area contributed by atoms with E-state index in [2.05, 4.69) is 11.2 Å². The monoisotopic (exact) mass is 224 g/mol. The average molecular weight is 224 g/mol. The normalized spacial score (nSPS) is 17.0. The zero-order valence-electron chi connectivity index (χ0n) is 9.27. The van der Waals surface area contributed by atoms with Gasteiger partial charge >= 0.3 is 5.97 Å². The third-order valence-electron chi connectivity index (χ3n) is 2.83. The molecule has 1 unspecified atom stereocenters. The van der Waals surface area contributed by atoms with Crippen LogP contribution < -0.4 is 5.32 Å². The second-order valence-electron chi connectivity index (χ2n) is 4.00. The van der Waals surface area contributed by atoms with Gasteiger partial charge in [-0.2, -0.15) is 0 Å². The van der Waals surface area contributed by atoms with Gasteiger partial charge in [0.1, 0.15) is 6.54 Å². The molecular formula is C11H16N2O3. The Hall–Kier alpha value is -1.54. The highest BCUT2D eigenvalue weighted by Gasteiger charge is 2.31. The number of nitrogens with zero attached hydrogens (tertiary/aromatic N) is 1. The Morgan fingerprint density at radius 2 is 2.25 bits per heavy atom. The van der Waals surface area contributed by atoms with Crippen LogP contribution in [0.25, 0.3) is 0 Å². The van der Waals surface area contributed by atoms with Crippen molar-refractivity contribution in [2.24, 2.45) is 11.8 Å². The molecule has 1 aliphatic heterocycles. The SMILES string of the molecule is C#CCN(CC(=O)O)C(=O)C(C)C1CNC1. The van der Waals surface area contributed by atoms with Crippen LogP contribution in [0.5, 0.6) is 0 Å². The minimum Gasteiger partial charge on any atom is -0.480 e. The second kappa shape index (κ2) is 5.52. The number of carbonyl (C=O) groups excluding carboxylic acids is 1. The molecule has 1 aliphatic rings. The fraction of sp³-hybridized carbons (Fsp3) is 0.636. The first-order chi connectivity index (χ1) is 7.56. The van der Waals surface area contributed by atoms with E-state index in [4.69, 9.17) is 11.5 Å². The Balaban J connectivity index is 2.58. The van der Waals surface area contributed by atoms with Crippen molar-refractivity contribution in [1.29, 1.82) is 0 Å². The molecular weight excluding hydrogens is 208 g/mol. The lowest BCUT2D eigenvalue weighted by Gasteiger charge is -2.34. The Bertz CT molecular complexity index is 318. The Morgan fingerprint density at radius 3 is 2.62 bits per heavy atom. The van der Waals surface area contributed by atoms with Crippen molar-refractivity contribution < 1.29 is 14.7 Å². The molecule has 5 heteroatoms. The molecule has 0 bridgehead atoms. The molecule has 1 rings (SSSR count). The number of hydrogen-bond acceptors (Lipinski definition) is 3. The Kier molecular flexibility index (Phi) is 4.32. The summed E-state index contributed by atoms with van der Waals surface area (Å²) in [5.41, 5.74) is 0. The predicted octanol–water partition coefficient (Wildman–Crippen LogP) is -0.612. The third-order valence-corrected chi connectivity index (χ3v) is 2.83. The van der Waals surface area contributed by atoms with Crippen LogP contribution >= 0.6 is 0 Å². The van der Waals surface area contributed by atoms with Crippen LogP contribution in [0.1, 0.15) is 6.92 Å². The van der Waals surface area contributed by atoms with Crippen LogP contribution in [0.3, 0.4) is 0 Å². The van der Waals surface area contributed by atoms with Gasteiger partial charge in [0.15, 0.2) is 0 Å². The van der Waals surface area contributed by atoms with Gasteiger partial charge < -0.3 is 15.3 Å². The molecule has 16 heavy (non-hydrogen) atoms. The van der Waals surface area contributed by atoms with E-state index in [9.17, 15) is 9.59 Å². The largest absolute Gasteiger partial charge is 0.480 e. The minimum absolute atomic E-state index is 0.0512. The quantitative estimate of drug-likeness (QED) is 0.611. The lowest BCUT2D eigenvalue weighted by molar-refractivity contribution is -0.146. The van der Waals surface area contributed by atoms with Crippen molar-refractivity contribution in [2.75, 3.05) is 26.2 Å². The summed E-state index contributed by atoms with van der Waals surface area (Å²) in [6.45, 7) is 3.16. The van der Waals surface area contributed by atoms with E-state index in [1.807, 2.05) is 6.92 Å². The number of carbonyl (C=O) groups is 2.